The highest BCUT2D eigenvalue weighted by Crippen LogP contribution is 2.16. The molecule has 1 aromatic carbocycles. The summed E-state index contributed by atoms with van der Waals surface area (Å²) in [6.45, 7) is 2.55. The Balaban J connectivity index is 2.75. The van der Waals surface area contributed by atoms with Gasteiger partial charge in [0.05, 0.1) is 12.1 Å². The largest absolute Gasteiger partial charge is 0.394 e. The van der Waals surface area contributed by atoms with Crippen molar-refractivity contribution in [2.24, 2.45) is 0 Å². The highest BCUT2D eigenvalue weighted by molar-refractivity contribution is 5.46. The van der Waals surface area contributed by atoms with Crippen molar-refractivity contribution in [3.63, 3.8) is 0 Å². The van der Waals surface area contributed by atoms with E-state index in [0.29, 0.717) is 6.54 Å². The second kappa shape index (κ2) is 5.27. The molecule has 1 rings (SSSR count). The summed E-state index contributed by atoms with van der Waals surface area (Å²) < 4.78 is 13.0. The Bertz CT molecular complexity index is 340. The molecule has 0 bridgehead atoms. The summed E-state index contributed by atoms with van der Waals surface area (Å²) in [4.78, 5) is 1.91. The van der Waals surface area contributed by atoms with Crippen molar-refractivity contribution in [3.8, 4) is 0 Å². The van der Waals surface area contributed by atoms with Gasteiger partial charge in [0.1, 0.15) is 5.82 Å². The first-order valence-corrected chi connectivity index (χ1v) is 5.27. The van der Waals surface area contributed by atoms with Crippen LogP contribution in [0.4, 0.5) is 10.1 Å². The molecular weight excluding hydrogens is 207 g/mol. The lowest BCUT2D eigenvalue weighted by molar-refractivity contribution is 0.187. The van der Waals surface area contributed by atoms with Crippen LogP contribution in [0.15, 0.2) is 24.3 Å². The van der Waals surface area contributed by atoms with Crippen LogP contribution in [0.2, 0.25) is 0 Å². The number of anilines is 1. The predicted octanol–water partition coefficient (Wildman–Crippen LogP) is 1.23. The summed E-state index contributed by atoms with van der Waals surface area (Å²) in [6.07, 6.45) is 0. The van der Waals surface area contributed by atoms with Crippen LogP contribution in [0, 0.1) is 5.82 Å². The third-order valence-electron chi connectivity index (χ3n) is 2.79. The van der Waals surface area contributed by atoms with Crippen molar-refractivity contribution in [2.75, 3.05) is 32.1 Å². The number of nitrogens with zero attached hydrogens (tertiary/aromatic N) is 1. The zero-order chi connectivity index (χ0) is 12.2. The fraction of sp³-hybridized carbons (Fsp3) is 0.500. The first kappa shape index (κ1) is 12.9. The number of aliphatic hydroxyl groups is 1. The Morgan fingerprint density at radius 2 is 2.19 bits per heavy atom. The lowest BCUT2D eigenvalue weighted by Crippen LogP contribution is -2.51. The molecule has 1 atom stereocenters. The molecule has 0 fully saturated rings. The SMILES string of the molecule is CNC(C)(CO)CN(C)c1cccc(F)c1. The maximum Gasteiger partial charge on any atom is 0.125 e. The molecule has 0 aliphatic carbocycles. The van der Waals surface area contributed by atoms with Crippen molar-refractivity contribution in [1.82, 2.24) is 5.32 Å². The Morgan fingerprint density at radius 1 is 1.50 bits per heavy atom. The molecule has 3 nitrogen and oxygen atoms in total. The van der Waals surface area contributed by atoms with Gasteiger partial charge < -0.3 is 15.3 Å². The van der Waals surface area contributed by atoms with Crippen LogP contribution >= 0.6 is 0 Å². The van der Waals surface area contributed by atoms with Gasteiger partial charge in [0.2, 0.25) is 0 Å². The number of hydrogen-bond donors (Lipinski definition) is 2. The monoisotopic (exact) mass is 226 g/mol. The normalized spacial score (nSPS) is 14.6. The fourth-order valence-corrected chi connectivity index (χ4v) is 1.54. The molecule has 0 radical (unpaired) electrons. The number of rotatable bonds is 5. The van der Waals surface area contributed by atoms with Crippen LogP contribution in [0.5, 0.6) is 0 Å². The van der Waals surface area contributed by atoms with Crippen LogP contribution in [-0.4, -0.2) is 37.9 Å². The van der Waals surface area contributed by atoms with Crippen LogP contribution in [0.25, 0.3) is 0 Å². The van der Waals surface area contributed by atoms with Gasteiger partial charge in [-0.1, -0.05) is 6.07 Å². The Kier molecular flexibility index (Phi) is 4.26. The average Bonchev–Trinajstić information content (AvgIpc) is 2.29. The molecule has 90 valence electrons. The highest BCUT2D eigenvalue weighted by atomic mass is 19.1. The van der Waals surface area contributed by atoms with Gasteiger partial charge in [-0.05, 0) is 32.2 Å². The second-order valence-electron chi connectivity index (χ2n) is 4.30. The molecule has 1 aromatic rings. The van der Waals surface area contributed by atoms with E-state index >= 15 is 0 Å². The molecule has 0 saturated heterocycles. The molecule has 16 heavy (non-hydrogen) atoms. The number of aliphatic hydroxyl groups excluding tert-OH is 1. The molecule has 1 unspecified atom stereocenters. The standard InChI is InChI=1S/C12H19FN2O/c1-12(9-16,14-2)8-15(3)11-6-4-5-10(13)7-11/h4-7,14,16H,8-9H2,1-3H3. The minimum Gasteiger partial charge on any atom is -0.394 e. The minimum atomic E-state index is -0.388. The Morgan fingerprint density at radius 3 is 2.69 bits per heavy atom. The van der Waals surface area contributed by atoms with E-state index in [2.05, 4.69) is 5.32 Å². The Labute approximate surface area is 95.9 Å². The first-order chi connectivity index (χ1) is 7.50. The number of nitrogens with one attached hydrogen (secondary N) is 1. The van der Waals surface area contributed by atoms with Gasteiger partial charge in [-0.15, -0.1) is 0 Å². The maximum absolute atomic E-state index is 13.0. The van der Waals surface area contributed by atoms with Crippen LogP contribution < -0.4 is 10.2 Å². The molecule has 0 aromatic heterocycles. The highest BCUT2D eigenvalue weighted by Gasteiger charge is 2.22. The molecule has 0 saturated carbocycles. The number of likely N-dealkylation sites (N-methyl/N-ethyl adjacent to an activating group) is 2. The van der Waals surface area contributed by atoms with Crippen molar-refractivity contribution >= 4 is 5.69 Å². The predicted molar refractivity (Wildman–Crippen MR) is 64.2 cm³/mol. The molecule has 0 aliphatic heterocycles. The lowest BCUT2D eigenvalue weighted by atomic mass is 10.0. The van der Waals surface area contributed by atoms with E-state index in [4.69, 9.17) is 0 Å². The smallest absolute Gasteiger partial charge is 0.125 e. The summed E-state index contributed by atoms with van der Waals surface area (Å²) in [6, 6.07) is 6.42. The quantitative estimate of drug-likeness (QED) is 0.792. The summed E-state index contributed by atoms with van der Waals surface area (Å²) in [5, 5.41) is 12.3. The van der Waals surface area contributed by atoms with E-state index in [1.54, 1.807) is 13.1 Å². The first-order valence-electron chi connectivity index (χ1n) is 5.27. The van der Waals surface area contributed by atoms with Crippen molar-refractivity contribution in [1.29, 1.82) is 0 Å². The number of benzene rings is 1. The van der Waals surface area contributed by atoms with Gasteiger partial charge in [0, 0.05) is 19.3 Å². The van der Waals surface area contributed by atoms with E-state index in [1.165, 1.54) is 12.1 Å². The van der Waals surface area contributed by atoms with Crippen LogP contribution in [0.1, 0.15) is 6.92 Å². The number of hydrogen-bond acceptors (Lipinski definition) is 3. The van der Waals surface area contributed by atoms with E-state index in [-0.39, 0.29) is 18.0 Å². The van der Waals surface area contributed by atoms with Gasteiger partial charge in [-0.3, -0.25) is 0 Å². The number of halogens is 1. The summed E-state index contributed by atoms with van der Waals surface area (Å²) >= 11 is 0. The zero-order valence-corrected chi connectivity index (χ0v) is 10.00. The van der Waals surface area contributed by atoms with Crippen molar-refractivity contribution in [3.05, 3.63) is 30.1 Å². The molecule has 2 N–H and O–H groups in total. The topological polar surface area (TPSA) is 35.5 Å². The van der Waals surface area contributed by atoms with Gasteiger partial charge in [0.25, 0.3) is 0 Å². The van der Waals surface area contributed by atoms with Crippen LogP contribution in [-0.2, 0) is 0 Å². The molecule has 0 heterocycles. The zero-order valence-electron chi connectivity index (χ0n) is 10.00. The summed E-state index contributed by atoms with van der Waals surface area (Å²) in [5.74, 6) is -0.250. The van der Waals surface area contributed by atoms with Crippen molar-refractivity contribution < 1.29 is 9.50 Å². The van der Waals surface area contributed by atoms with Crippen LogP contribution in [0.3, 0.4) is 0 Å². The third-order valence-corrected chi connectivity index (χ3v) is 2.79. The molecule has 0 aliphatic rings. The van der Waals surface area contributed by atoms with Gasteiger partial charge in [0.15, 0.2) is 0 Å². The summed E-state index contributed by atoms with van der Waals surface area (Å²) in [5.41, 5.74) is 0.413. The van der Waals surface area contributed by atoms with E-state index in [9.17, 15) is 9.50 Å². The fourth-order valence-electron chi connectivity index (χ4n) is 1.54. The molecule has 0 spiro atoms. The lowest BCUT2D eigenvalue weighted by Gasteiger charge is -2.33. The van der Waals surface area contributed by atoms with Gasteiger partial charge in [-0.25, -0.2) is 4.39 Å². The summed E-state index contributed by atoms with van der Waals surface area (Å²) in [7, 11) is 3.68. The third kappa shape index (κ3) is 3.18. The minimum absolute atomic E-state index is 0.0309. The molecule has 4 heteroatoms. The van der Waals surface area contributed by atoms with Gasteiger partial charge >= 0.3 is 0 Å². The van der Waals surface area contributed by atoms with Crippen molar-refractivity contribution in [2.45, 2.75) is 12.5 Å². The molecular formula is C12H19FN2O. The van der Waals surface area contributed by atoms with E-state index < -0.39 is 0 Å². The van der Waals surface area contributed by atoms with E-state index in [0.717, 1.165) is 5.69 Å². The van der Waals surface area contributed by atoms with Gasteiger partial charge in [-0.2, -0.15) is 0 Å². The van der Waals surface area contributed by atoms with E-state index in [1.807, 2.05) is 24.9 Å². The molecule has 0 amide bonds. The maximum atomic E-state index is 13.0. The second-order valence-corrected chi connectivity index (χ2v) is 4.30. The Hall–Kier alpha value is -1.13. The average molecular weight is 226 g/mol.